The summed E-state index contributed by atoms with van der Waals surface area (Å²) in [5, 5.41) is 3.77. The van der Waals surface area contributed by atoms with E-state index >= 15 is 0 Å². The second kappa shape index (κ2) is 4.92. The Bertz CT molecular complexity index is 439. The fourth-order valence-electron chi connectivity index (χ4n) is 1.10. The van der Waals surface area contributed by atoms with Gasteiger partial charge < -0.3 is 10.3 Å². The summed E-state index contributed by atoms with van der Waals surface area (Å²) in [4.78, 5) is 4.11. The molecule has 1 rings (SSSR count). The van der Waals surface area contributed by atoms with Crippen LogP contribution in [-0.4, -0.2) is 30.6 Å². The van der Waals surface area contributed by atoms with Gasteiger partial charge in [-0.1, -0.05) is 19.0 Å². The van der Waals surface area contributed by atoms with Crippen LogP contribution in [0.25, 0.3) is 0 Å². The average molecular weight is 247 g/mol. The maximum atomic E-state index is 11.0. The van der Waals surface area contributed by atoms with Crippen LogP contribution in [0.4, 0.5) is 0 Å². The first-order valence-corrected chi connectivity index (χ1v) is 7.12. The zero-order valence-corrected chi connectivity index (χ0v) is 10.5. The van der Waals surface area contributed by atoms with Crippen molar-refractivity contribution in [1.82, 2.24) is 10.1 Å². The van der Waals surface area contributed by atoms with E-state index in [4.69, 9.17) is 10.3 Å². The third-order valence-corrected chi connectivity index (χ3v) is 3.07. The Morgan fingerprint density at radius 1 is 1.44 bits per heavy atom. The molecule has 1 atom stereocenters. The maximum absolute atomic E-state index is 11.0. The second-order valence-electron chi connectivity index (χ2n) is 4.17. The molecule has 1 aromatic rings. The summed E-state index contributed by atoms with van der Waals surface area (Å²) in [6, 6.07) is -0.519. The number of aromatic nitrogens is 2. The molecule has 0 amide bonds. The van der Waals surface area contributed by atoms with Gasteiger partial charge in [0.25, 0.3) is 0 Å². The summed E-state index contributed by atoms with van der Waals surface area (Å²) in [6.45, 7) is 3.88. The minimum absolute atomic E-state index is 0.0214. The smallest absolute Gasteiger partial charge is 0.243 e. The molecule has 92 valence electrons. The Kier molecular flexibility index (Phi) is 4.03. The monoisotopic (exact) mass is 247 g/mol. The van der Waals surface area contributed by atoms with E-state index in [2.05, 4.69) is 10.1 Å². The van der Waals surface area contributed by atoms with E-state index in [1.807, 2.05) is 13.8 Å². The van der Waals surface area contributed by atoms with Crippen molar-refractivity contribution in [3.8, 4) is 0 Å². The van der Waals surface area contributed by atoms with Gasteiger partial charge >= 0.3 is 0 Å². The third kappa shape index (κ3) is 3.90. The van der Waals surface area contributed by atoms with Crippen LogP contribution in [0, 0.1) is 0 Å². The predicted molar refractivity (Wildman–Crippen MR) is 59.6 cm³/mol. The minimum atomic E-state index is -3.01. The molecule has 0 spiro atoms. The highest BCUT2D eigenvalue weighted by Crippen LogP contribution is 2.16. The first-order valence-electron chi connectivity index (χ1n) is 5.06. The number of nitrogens with zero attached hydrogens (tertiary/aromatic N) is 2. The molecule has 1 heterocycles. The van der Waals surface area contributed by atoms with Gasteiger partial charge in [-0.05, 0) is 6.42 Å². The number of sulfone groups is 1. The van der Waals surface area contributed by atoms with Crippen molar-refractivity contribution in [3.63, 3.8) is 0 Å². The summed E-state index contributed by atoms with van der Waals surface area (Å²) in [7, 11) is -3.01. The lowest BCUT2D eigenvalue weighted by molar-refractivity contribution is 0.347. The molecule has 2 N–H and O–H groups in total. The van der Waals surface area contributed by atoms with E-state index in [9.17, 15) is 8.42 Å². The Labute approximate surface area is 95.1 Å². The average Bonchev–Trinajstić information content (AvgIpc) is 2.61. The molecule has 0 aromatic carbocycles. The van der Waals surface area contributed by atoms with Crippen LogP contribution in [-0.2, 0) is 9.84 Å². The van der Waals surface area contributed by atoms with E-state index in [1.54, 1.807) is 0 Å². The first-order chi connectivity index (χ1) is 7.29. The Balaban J connectivity index is 2.63. The predicted octanol–water partition coefficient (Wildman–Crippen LogP) is 0.628. The summed E-state index contributed by atoms with van der Waals surface area (Å²) >= 11 is 0. The Morgan fingerprint density at radius 2 is 2.06 bits per heavy atom. The third-order valence-electron chi connectivity index (χ3n) is 2.09. The van der Waals surface area contributed by atoms with Gasteiger partial charge in [0.2, 0.25) is 5.89 Å². The number of hydrogen-bond donors (Lipinski definition) is 1. The maximum Gasteiger partial charge on any atom is 0.243 e. The largest absolute Gasteiger partial charge is 0.338 e. The zero-order chi connectivity index (χ0) is 12.3. The summed E-state index contributed by atoms with van der Waals surface area (Å²) in [6.07, 6.45) is 1.46. The van der Waals surface area contributed by atoms with Crippen LogP contribution in [0.3, 0.4) is 0 Å². The lowest BCUT2D eigenvalue weighted by Gasteiger charge is -2.04. The highest BCUT2D eigenvalue weighted by atomic mass is 32.2. The quantitative estimate of drug-likeness (QED) is 0.819. The van der Waals surface area contributed by atoms with Gasteiger partial charge in [-0.2, -0.15) is 4.98 Å². The molecule has 0 aliphatic carbocycles. The minimum Gasteiger partial charge on any atom is -0.338 e. The van der Waals surface area contributed by atoms with Gasteiger partial charge in [-0.25, -0.2) is 8.42 Å². The van der Waals surface area contributed by atoms with Crippen LogP contribution in [0.15, 0.2) is 4.52 Å². The van der Waals surface area contributed by atoms with Crippen LogP contribution in [0.1, 0.15) is 43.9 Å². The standard InChI is InChI=1S/C9H17N3O3S/c1-6(2)8-11-9(15-12-8)7(10)4-5-16(3,13)14/h6-7H,4-5,10H2,1-3H3/t7-/m0/s1. The van der Waals surface area contributed by atoms with Crippen LogP contribution < -0.4 is 5.73 Å². The lowest BCUT2D eigenvalue weighted by atomic mass is 10.2. The van der Waals surface area contributed by atoms with Gasteiger partial charge in [-0.15, -0.1) is 0 Å². The van der Waals surface area contributed by atoms with E-state index in [0.717, 1.165) is 0 Å². The molecule has 0 saturated carbocycles. The van der Waals surface area contributed by atoms with Crippen LogP contribution in [0.2, 0.25) is 0 Å². The van der Waals surface area contributed by atoms with Crippen LogP contribution >= 0.6 is 0 Å². The topological polar surface area (TPSA) is 99.1 Å². The molecule has 16 heavy (non-hydrogen) atoms. The molecule has 0 saturated heterocycles. The van der Waals surface area contributed by atoms with Crippen molar-refractivity contribution >= 4 is 9.84 Å². The molecule has 1 aromatic heterocycles. The summed E-state index contributed by atoms with van der Waals surface area (Å²) < 4.78 is 26.9. The van der Waals surface area contributed by atoms with Crippen molar-refractivity contribution in [2.45, 2.75) is 32.2 Å². The van der Waals surface area contributed by atoms with Gasteiger partial charge in [0.1, 0.15) is 9.84 Å². The molecule has 0 aliphatic rings. The fraction of sp³-hybridized carbons (Fsp3) is 0.778. The van der Waals surface area contributed by atoms with Crippen molar-refractivity contribution in [3.05, 3.63) is 11.7 Å². The van der Waals surface area contributed by atoms with Gasteiger partial charge in [-0.3, -0.25) is 0 Å². The number of nitrogens with two attached hydrogens (primary N) is 1. The molecule has 0 radical (unpaired) electrons. The molecular weight excluding hydrogens is 230 g/mol. The molecule has 0 unspecified atom stereocenters. The molecule has 0 fully saturated rings. The molecule has 0 aliphatic heterocycles. The molecule has 7 heteroatoms. The number of rotatable bonds is 5. The van der Waals surface area contributed by atoms with E-state index in [1.165, 1.54) is 6.26 Å². The van der Waals surface area contributed by atoms with Gasteiger partial charge in [0, 0.05) is 12.2 Å². The fourth-order valence-corrected chi connectivity index (χ4v) is 1.78. The second-order valence-corrected chi connectivity index (χ2v) is 6.43. The van der Waals surface area contributed by atoms with Gasteiger partial charge in [0.15, 0.2) is 5.82 Å². The lowest BCUT2D eigenvalue weighted by Crippen LogP contribution is -2.16. The number of hydrogen-bond acceptors (Lipinski definition) is 6. The molecular formula is C9H17N3O3S. The van der Waals surface area contributed by atoms with Crippen molar-refractivity contribution in [1.29, 1.82) is 0 Å². The normalized spacial score (nSPS) is 14.3. The molecule has 6 nitrogen and oxygen atoms in total. The van der Waals surface area contributed by atoms with Gasteiger partial charge in [0.05, 0.1) is 11.8 Å². The summed E-state index contributed by atoms with van der Waals surface area (Å²) in [5.41, 5.74) is 5.75. The SMILES string of the molecule is CC(C)c1noc([C@@H](N)CCS(C)(=O)=O)n1. The van der Waals surface area contributed by atoms with Crippen molar-refractivity contribution < 1.29 is 12.9 Å². The first kappa shape index (κ1) is 13.1. The van der Waals surface area contributed by atoms with Crippen molar-refractivity contribution in [2.75, 3.05) is 12.0 Å². The highest BCUT2D eigenvalue weighted by molar-refractivity contribution is 7.90. The Morgan fingerprint density at radius 3 is 2.50 bits per heavy atom. The molecule has 0 bridgehead atoms. The summed E-state index contributed by atoms with van der Waals surface area (Å²) in [5.74, 6) is 1.07. The van der Waals surface area contributed by atoms with Crippen LogP contribution in [0.5, 0.6) is 0 Å². The van der Waals surface area contributed by atoms with Crippen molar-refractivity contribution in [2.24, 2.45) is 5.73 Å². The Hall–Kier alpha value is -0.950. The van der Waals surface area contributed by atoms with E-state index in [-0.39, 0.29) is 11.7 Å². The highest BCUT2D eigenvalue weighted by Gasteiger charge is 2.17. The van der Waals surface area contributed by atoms with E-state index in [0.29, 0.717) is 18.1 Å². The van der Waals surface area contributed by atoms with E-state index < -0.39 is 15.9 Å². The zero-order valence-electron chi connectivity index (χ0n) is 9.67.